The molecule has 0 aliphatic heterocycles. The third kappa shape index (κ3) is 4.26. The summed E-state index contributed by atoms with van der Waals surface area (Å²) in [7, 11) is 0. The molecule has 0 radical (unpaired) electrons. The number of ether oxygens (including phenoxy) is 2. The van der Waals surface area contributed by atoms with E-state index >= 15 is 0 Å². The van der Waals surface area contributed by atoms with E-state index in [4.69, 9.17) is 14.6 Å². The van der Waals surface area contributed by atoms with Gasteiger partial charge in [0.15, 0.2) is 6.29 Å². The Kier molecular flexibility index (Phi) is 5.55. The van der Waals surface area contributed by atoms with Gasteiger partial charge in [-0.1, -0.05) is 6.92 Å². The predicted molar refractivity (Wildman–Crippen MR) is 74.5 cm³/mol. The van der Waals surface area contributed by atoms with Gasteiger partial charge in [-0.15, -0.1) is 0 Å². The average Bonchev–Trinajstić information content (AvgIpc) is 2.42. The lowest BCUT2D eigenvalue weighted by atomic mass is 9.95. The first-order valence-corrected chi connectivity index (χ1v) is 6.49. The molecular formula is C15H20O5. The van der Waals surface area contributed by atoms with E-state index in [1.807, 2.05) is 6.92 Å². The van der Waals surface area contributed by atoms with Crippen LogP contribution in [-0.4, -0.2) is 30.6 Å². The fourth-order valence-electron chi connectivity index (χ4n) is 1.37. The lowest BCUT2D eigenvalue weighted by molar-refractivity contribution is -0.148. The molecule has 5 heteroatoms. The maximum atomic E-state index is 11.0. The quantitative estimate of drug-likeness (QED) is 0.741. The molecule has 0 spiro atoms. The van der Waals surface area contributed by atoms with E-state index in [-0.39, 0.29) is 6.61 Å². The maximum absolute atomic E-state index is 11.0. The van der Waals surface area contributed by atoms with E-state index in [9.17, 15) is 9.59 Å². The van der Waals surface area contributed by atoms with Crippen molar-refractivity contribution in [2.75, 3.05) is 13.2 Å². The number of rotatable bonds is 8. The zero-order valence-electron chi connectivity index (χ0n) is 12.0. The summed E-state index contributed by atoms with van der Waals surface area (Å²) in [6.45, 7) is 5.66. The van der Waals surface area contributed by atoms with Crippen molar-refractivity contribution in [3.8, 4) is 11.5 Å². The molecule has 0 saturated heterocycles. The van der Waals surface area contributed by atoms with Gasteiger partial charge in [0.25, 0.3) is 0 Å². The van der Waals surface area contributed by atoms with E-state index < -0.39 is 11.4 Å². The van der Waals surface area contributed by atoms with E-state index in [1.165, 1.54) is 0 Å². The largest absolute Gasteiger partial charge is 0.493 e. The van der Waals surface area contributed by atoms with Gasteiger partial charge in [-0.2, -0.15) is 0 Å². The molecule has 0 unspecified atom stereocenters. The van der Waals surface area contributed by atoms with Crippen LogP contribution in [0.5, 0.6) is 11.5 Å². The summed E-state index contributed by atoms with van der Waals surface area (Å²) in [4.78, 5) is 22.0. The van der Waals surface area contributed by atoms with Crippen molar-refractivity contribution in [3.63, 3.8) is 0 Å². The van der Waals surface area contributed by atoms with Crippen LogP contribution in [-0.2, 0) is 4.79 Å². The molecule has 5 nitrogen and oxygen atoms in total. The highest BCUT2D eigenvalue weighted by molar-refractivity contribution is 5.80. The van der Waals surface area contributed by atoms with Crippen molar-refractivity contribution in [1.29, 1.82) is 0 Å². The summed E-state index contributed by atoms with van der Waals surface area (Å²) in [5, 5.41) is 9.04. The summed E-state index contributed by atoms with van der Waals surface area (Å²) in [6.07, 6.45) is 1.55. The van der Waals surface area contributed by atoms with E-state index in [2.05, 4.69) is 0 Å². The van der Waals surface area contributed by atoms with Gasteiger partial charge >= 0.3 is 5.97 Å². The second-order valence-corrected chi connectivity index (χ2v) is 5.14. The Labute approximate surface area is 118 Å². The summed E-state index contributed by atoms with van der Waals surface area (Å²) < 4.78 is 10.9. The van der Waals surface area contributed by atoms with Gasteiger partial charge in [0.1, 0.15) is 18.1 Å². The number of hydrogen-bond donors (Lipinski definition) is 1. The fourth-order valence-corrected chi connectivity index (χ4v) is 1.37. The first kappa shape index (κ1) is 16.0. The molecule has 0 atom stereocenters. The predicted octanol–water partition coefficient (Wildman–Crippen LogP) is 2.78. The van der Waals surface area contributed by atoms with Crippen molar-refractivity contribution in [3.05, 3.63) is 23.8 Å². The molecule has 0 heterocycles. The molecule has 1 N–H and O–H groups in total. The zero-order chi connectivity index (χ0) is 15.2. The number of carbonyl (C=O) groups excluding carboxylic acids is 1. The molecule has 0 bridgehead atoms. The van der Waals surface area contributed by atoms with Crippen molar-refractivity contribution in [2.45, 2.75) is 27.2 Å². The first-order valence-electron chi connectivity index (χ1n) is 6.49. The molecule has 0 aromatic heterocycles. The van der Waals surface area contributed by atoms with Crippen LogP contribution in [0.25, 0.3) is 0 Å². The van der Waals surface area contributed by atoms with Crippen molar-refractivity contribution in [2.24, 2.45) is 5.41 Å². The Morgan fingerprint density at radius 1 is 1.35 bits per heavy atom. The third-order valence-corrected chi connectivity index (χ3v) is 2.75. The van der Waals surface area contributed by atoms with Crippen LogP contribution in [0.4, 0.5) is 0 Å². The Bertz CT molecular complexity index is 479. The monoisotopic (exact) mass is 280 g/mol. The third-order valence-electron chi connectivity index (χ3n) is 2.75. The van der Waals surface area contributed by atoms with Gasteiger partial charge in [-0.3, -0.25) is 9.59 Å². The maximum Gasteiger partial charge on any atom is 0.312 e. The Morgan fingerprint density at radius 2 is 2.05 bits per heavy atom. The highest BCUT2D eigenvalue weighted by Gasteiger charge is 2.28. The van der Waals surface area contributed by atoms with Crippen LogP contribution in [0.3, 0.4) is 0 Å². The molecule has 1 aromatic carbocycles. The normalized spacial score (nSPS) is 10.9. The summed E-state index contributed by atoms with van der Waals surface area (Å²) in [6, 6.07) is 4.90. The lowest BCUT2D eigenvalue weighted by Gasteiger charge is -2.20. The summed E-state index contributed by atoms with van der Waals surface area (Å²) >= 11 is 0. The molecular weight excluding hydrogens is 260 g/mol. The molecule has 0 aliphatic rings. The topological polar surface area (TPSA) is 72.8 Å². The van der Waals surface area contributed by atoms with Crippen LogP contribution in [0, 0.1) is 5.41 Å². The summed E-state index contributed by atoms with van der Waals surface area (Å²) in [5.74, 6) is -0.0213. The average molecular weight is 280 g/mol. The van der Waals surface area contributed by atoms with Gasteiger partial charge in [-0.25, -0.2) is 0 Å². The van der Waals surface area contributed by atoms with Crippen molar-refractivity contribution < 1.29 is 24.2 Å². The minimum atomic E-state index is -1.03. The Morgan fingerprint density at radius 3 is 2.60 bits per heavy atom. The Balaban J connectivity index is 2.86. The van der Waals surface area contributed by atoms with Crippen LogP contribution in [0.2, 0.25) is 0 Å². The number of aliphatic carboxylic acids is 1. The van der Waals surface area contributed by atoms with Gasteiger partial charge in [0.05, 0.1) is 17.6 Å². The lowest BCUT2D eigenvalue weighted by Crippen LogP contribution is -2.30. The van der Waals surface area contributed by atoms with Crippen LogP contribution < -0.4 is 9.47 Å². The highest BCUT2D eigenvalue weighted by Crippen LogP contribution is 2.26. The number of benzene rings is 1. The minimum Gasteiger partial charge on any atom is -0.493 e. The first-order chi connectivity index (χ1) is 9.40. The fraction of sp³-hybridized carbons (Fsp3) is 0.467. The van der Waals surface area contributed by atoms with E-state index in [1.54, 1.807) is 32.0 Å². The number of carboxylic acid groups (broad SMARTS) is 1. The van der Waals surface area contributed by atoms with Gasteiger partial charge < -0.3 is 14.6 Å². The molecule has 0 amide bonds. The van der Waals surface area contributed by atoms with Crippen LogP contribution in [0.1, 0.15) is 37.6 Å². The van der Waals surface area contributed by atoms with Gasteiger partial charge in [0.2, 0.25) is 0 Å². The standard InChI is InChI=1S/C15H20O5/c1-4-7-19-12-6-5-11(9-16)13(8-12)20-10-15(2,3)14(17)18/h5-6,8-9H,4,7,10H2,1-3H3,(H,17,18). The molecule has 0 fully saturated rings. The number of carboxylic acids is 1. The molecule has 20 heavy (non-hydrogen) atoms. The molecule has 1 rings (SSSR count). The second-order valence-electron chi connectivity index (χ2n) is 5.14. The Hall–Kier alpha value is -2.04. The van der Waals surface area contributed by atoms with Crippen molar-refractivity contribution in [1.82, 2.24) is 0 Å². The molecule has 1 aromatic rings. The smallest absolute Gasteiger partial charge is 0.312 e. The molecule has 110 valence electrons. The number of aldehydes is 1. The zero-order valence-corrected chi connectivity index (χ0v) is 12.0. The van der Waals surface area contributed by atoms with Crippen LogP contribution in [0.15, 0.2) is 18.2 Å². The van der Waals surface area contributed by atoms with Gasteiger partial charge in [0, 0.05) is 6.07 Å². The number of hydrogen-bond acceptors (Lipinski definition) is 4. The van der Waals surface area contributed by atoms with Crippen molar-refractivity contribution >= 4 is 12.3 Å². The highest BCUT2D eigenvalue weighted by atomic mass is 16.5. The van der Waals surface area contributed by atoms with E-state index in [0.29, 0.717) is 30.0 Å². The molecule has 0 aliphatic carbocycles. The SMILES string of the molecule is CCCOc1ccc(C=O)c(OCC(C)(C)C(=O)O)c1. The molecule has 0 saturated carbocycles. The summed E-state index contributed by atoms with van der Waals surface area (Å²) in [5.41, 5.74) is -0.657. The second kappa shape index (κ2) is 6.93. The van der Waals surface area contributed by atoms with E-state index in [0.717, 1.165) is 6.42 Å². The minimum absolute atomic E-state index is 0.0274. The van der Waals surface area contributed by atoms with Gasteiger partial charge in [-0.05, 0) is 32.4 Å². The number of carbonyl (C=O) groups is 2. The van der Waals surface area contributed by atoms with Crippen LogP contribution >= 0.6 is 0 Å².